The second-order valence-electron chi connectivity index (χ2n) is 4.41. The quantitative estimate of drug-likeness (QED) is 0.499. The van der Waals surface area contributed by atoms with Crippen molar-refractivity contribution in [2.24, 2.45) is 0 Å². The fourth-order valence-corrected chi connectivity index (χ4v) is 2.64. The first kappa shape index (κ1) is 14.6. The Kier molecular flexibility index (Phi) is 5.18. The normalized spacial score (nSPS) is 10.3. The zero-order valence-electron chi connectivity index (χ0n) is 11.8. The average molecular weight is 289 g/mol. The van der Waals surface area contributed by atoms with Gasteiger partial charge in [-0.25, -0.2) is 0 Å². The third-order valence-corrected chi connectivity index (χ3v) is 3.87. The first-order chi connectivity index (χ1) is 9.69. The lowest BCUT2D eigenvalue weighted by Crippen LogP contribution is -2.00. The number of ether oxygens (including phenoxy) is 2. The molecule has 0 amide bonds. The van der Waals surface area contributed by atoms with E-state index in [-0.39, 0.29) is 0 Å². The minimum Gasteiger partial charge on any atom is -0.497 e. The monoisotopic (exact) mass is 289 g/mol. The van der Waals surface area contributed by atoms with Gasteiger partial charge in [-0.1, -0.05) is 6.07 Å². The molecule has 0 spiro atoms. The number of thioether (sulfide) groups is 1. The molecule has 0 aliphatic rings. The van der Waals surface area contributed by atoms with E-state index in [0.717, 1.165) is 27.8 Å². The van der Waals surface area contributed by atoms with Crippen LogP contribution in [0.1, 0.15) is 5.56 Å². The fourth-order valence-electron chi connectivity index (χ4n) is 1.75. The molecule has 0 aliphatic carbocycles. The van der Waals surface area contributed by atoms with Crippen molar-refractivity contribution in [2.75, 3.05) is 25.2 Å². The van der Waals surface area contributed by atoms with Crippen molar-refractivity contribution < 1.29 is 9.47 Å². The van der Waals surface area contributed by atoms with Gasteiger partial charge in [0.25, 0.3) is 0 Å². The largest absolute Gasteiger partial charge is 0.497 e. The van der Waals surface area contributed by atoms with Crippen molar-refractivity contribution in [1.29, 1.82) is 0 Å². The Labute approximate surface area is 124 Å². The lowest BCUT2D eigenvalue weighted by Gasteiger charge is -2.08. The third kappa shape index (κ3) is 4.10. The predicted molar refractivity (Wildman–Crippen MR) is 84.8 cm³/mol. The molecule has 106 valence electrons. The van der Waals surface area contributed by atoms with Crippen LogP contribution in [0.3, 0.4) is 0 Å². The minimum atomic E-state index is 0.643. The van der Waals surface area contributed by atoms with E-state index in [0.29, 0.717) is 6.61 Å². The van der Waals surface area contributed by atoms with E-state index in [2.05, 4.69) is 13.0 Å². The first-order valence-electron chi connectivity index (χ1n) is 6.45. The Morgan fingerprint density at radius 1 is 1.05 bits per heavy atom. The first-order valence-corrected chi connectivity index (χ1v) is 7.43. The molecular weight excluding hydrogens is 270 g/mol. The zero-order valence-corrected chi connectivity index (χ0v) is 12.6. The molecule has 0 fully saturated rings. The zero-order chi connectivity index (χ0) is 14.4. The van der Waals surface area contributed by atoms with Crippen LogP contribution in [0, 0.1) is 6.92 Å². The van der Waals surface area contributed by atoms with E-state index in [9.17, 15) is 0 Å². The second-order valence-corrected chi connectivity index (χ2v) is 5.55. The summed E-state index contributed by atoms with van der Waals surface area (Å²) < 4.78 is 10.8. The number of nitrogen functional groups attached to an aromatic ring is 1. The van der Waals surface area contributed by atoms with Crippen molar-refractivity contribution in [1.82, 2.24) is 0 Å². The van der Waals surface area contributed by atoms with Gasteiger partial charge in [-0.15, -0.1) is 11.8 Å². The van der Waals surface area contributed by atoms with Crippen LogP contribution >= 0.6 is 11.8 Å². The molecule has 0 saturated carbocycles. The Hall–Kier alpha value is -1.81. The Morgan fingerprint density at radius 3 is 2.45 bits per heavy atom. The summed E-state index contributed by atoms with van der Waals surface area (Å²) in [5.41, 5.74) is 7.98. The molecule has 0 heterocycles. The maximum atomic E-state index is 5.94. The van der Waals surface area contributed by atoms with Gasteiger partial charge in [0.15, 0.2) is 0 Å². The standard InChI is InChI=1S/C16H19NO2S/c1-12-3-8-15(17)16(11-12)20-10-9-19-14-6-4-13(18-2)5-7-14/h3-8,11H,9-10,17H2,1-2H3. The van der Waals surface area contributed by atoms with Crippen LogP contribution in [0.15, 0.2) is 47.4 Å². The van der Waals surface area contributed by atoms with Gasteiger partial charge in [-0.2, -0.15) is 0 Å². The molecule has 0 aromatic heterocycles. The summed E-state index contributed by atoms with van der Waals surface area (Å²) in [6.45, 7) is 2.71. The highest BCUT2D eigenvalue weighted by molar-refractivity contribution is 7.99. The Bertz CT molecular complexity index is 555. The van der Waals surface area contributed by atoms with Crippen molar-refractivity contribution in [3.8, 4) is 11.5 Å². The molecule has 0 bridgehead atoms. The van der Waals surface area contributed by atoms with Crippen LogP contribution in [-0.2, 0) is 0 Å². The summed E-state index contributed by atoms with van der Waals surface area (Å²) >= 11 is 1.71. The van der Waals surface area contributed by atoms with Crippen LogP contribution in [0.25, 0.3) is 0 Å². The van der Waals surface area contributed by atoms with E-state index < -0.39 is 0 Å². The number of methoxy groups -OCH3 is 1. The molecule has 0 atom stereocenters. The maximum Gasteiger partial charge on any atom is 0.119 e. The summed E-state index contributed by atoms with van der Waals surface area (Å²) in [6, 6.07) is 13.7. The van der Waals surface area contributed by atoms with E-state index in [1.165, 1.54) is 5.56 Å². The van der Waals surface area contributed by atoms with Crippen molar-refractivity contribution in [2.45, 2.75) is 11.8 Å². The number of hydrogen-bond acceptors (Lipinski definition) is 4. The molecule has 2 rings (SSSR count). The summed E-state index contributed by atoms with van der Waals surface area (Å²) in [5, 5.41) is 0. The summed E-state index contributed by atoms with van der Waals surface area (Å²) in [6.07, 6.45) is 0. The smallest absolute Gasteiger partial charge is 0.119 e. The van der Waals surface area contributed by atoms with Gasteiger partial charge >= 0.3 is 0 Å². The maximum absolute atomic E-state index is 5.94. The molecular formula is C16H19NO2S. The molecule has 2 aromatic rings. The molecule has 0 saturated heterocycles. The highest BCUT2D eigenvalue weighted by Gasteiger charge is 2.01. The van der Waals surface area contributed by atoms with Crippen LogP contribution < -0.4 is 15.2 Å². The summed E-state index contributed by atoms with van der Waals surface area (Å²) in [5.74, 6) is 2.54. The molecule has 2 aromatic carbocycles. The van der Waals surface area contributed by atoms with Gasteiger partial charge in [0, 0.05) is 16.3 Å². The van der Waals surface area contributed by atoms with Gasteiger partial charge in [0.05, 0.1) is 13.7 Å². The van der Waals surface area contributed by atoms with Crippen LogP contribution in [0.5, 0.6) is 11.5 Å². The number of aryl methyl sites for hydroxylation is 1. The molecule has 4 heteroatoms. The lowest BCUT2D eigenvalue weighted by molar-refractivity contribution is 0.342. The fraction of sp³-hybridized carbons (Fsp3) is 0.250. The molecule has 2 N–H and O–H groups in total. The number of rotatable bonds is 6. The van der Waals surface area contributed by atoms with Gasteiger partial charge < -0.3 is 15.2 Å². The Morgan fingerprint density at radius 2 is 1.75 bits per heavy atom. The highest BCUT2D eigenvalue weighted by Crippen LogP contribution is 2.26. The van der Waals surface area contributed by atoms with Gasteiger partial charge in [-0.05, 0) is 48.9 Å². The molecule has 0 unspecified atom stereocenters. The van der Waals surface area contributed by atoms with Gasteiger partial charge in [0.2, 0.25) is 0 Å². The average Bonchev–Trinajstić information content (AvgIpc) is 2.47. The van der Waals surface area contributed by atoms with E-state index in [4.69, 9.17) is 15.2 Å². The number of benzene rings is 2. The second kappa shape index (κ2) is 7.10. The van der Waals surface area contributed by atoms with Crippen molar-refractivity contribution >= 4 is 17.4 Å². The summed E-state index contributed by atoms with van der Waals surface area (Å²) in [4.78, 5) is 1.11. The number of anilines is 1. The van der Waals surface area contributed by atoms with E-state index >= 15 is 0 Å². The molecule has 0 aliphatic heterocycles. The van der Waals surface area contributed by atoms with E-state index in [1.54, 1.807) is 18.9 Å². The van der Waals surface area contributed by atoms with E-state index in [1.807, 2.05) is 36.4 Å². The lowest BCUT2D eigenvalue weighted by atomic mass is 10.2. The number of hydrogen-bond donors (Lipinski definition) is 1. The van der Waals surface area contributed by atoms with Crippen molar-refractivity contribution in [3.63, 3.8) is 0 Å². The topological polar surface area (TPSA) is 44.5 Å². The minimum absolute atomic E-state index is 0.643. The van der Waals surface area contributed by atoms with Crippen LogP contribution in [-0.4, -0.2) is 19.5 Å². The number of nitrogens with two attached hydrogens (primary N) is 1. The highest BCUT2D eigenvalue weighted by atomic mass is 32.2. The van der Waals surface area contributed by atoms with Gasteiger partial charge in [-0.3, -0.25) is 0 Å². The third-order valence-electron chi connectivity index (χ3n) is 2.84. The molecule has 3 nitrogen and oxygen atoms in total. The molecule has 20 heavy (non-hydrogen) atoms. The Balaban J connectivity index is 1.79. The SMILES string of the molecule is COc1ccc(OCCSc2cc(C)ccc2N)cc1. The van der Waals surface area contributed by atoms with Crippen molar-refractivity contribution in [3.05, 3.63) is 48.0 Å². The van der Waals surface area contributed by atoms with Gasteiger partial charge in [0.1, 0.15) is 11.5 Å². The molecule has 0 radical (unpaired) electrons. The summed E-state index contributed by atoms with van der Waals surface area (Å²) in [7, 11) is 1.65. The predicted octanol–water partition coefficient (Wildman–Crippen LogP) is 3.76. The van der Waals surface area contributed by atoms with Crippen LogP contribution in [0.4, 0.5) is 5.69 Å². The van der Waals surface area contributed by atoms with Crippen LogP contribution in [0.2, 0.25) is 0 Å².